The van der Waals surface area contributed by atoms with Gasteiger partial charge in [0.05, 0.1) is 17.2 Å². The molecule has 3 rings (SSSR count). The monoisotopic (exact) mass is 371 g/mol. The minimum Gasteiger partial charge on any atom is -0.477 e. The average Bonchev–Trinajstić information content (AvgIpc) is 3.00. The minimum atomic E-state index is -1.08. The Morgan fingerprint density at radius 1 is 1.04 bits per heavy atom. The molecular formula is C22H17N3O3. The zero-order chi connectivity index (χ0) is 20.3. The van der Waals surface area contributed by atoms with Crippen LogP contribution in [0.25, 0.3) is 11.1 Å². The maximum Gasteiger partial charge on any atom is 0.353 e. The van der Waals surface area contributed by atoms with Gasteiger partial charge >= 0.3 is 5.97 Å². The molecule has 3 aromatic rings. The molecule has 0 unspecified atom stereocenters. The highest BCUT2D eigenvalue weighted by Gasteiger charge is 2.25. The van der Waals surface area contributed by atoms with Crippen molar-refractivity contribution in [1.82, 2.24) is 4.57 Å². The second-order valence-electron chi connectivity index (χ2n) is 6.14. The normalized spacial score (nSPS) is 10.1. The quantitative estimate of drug-likeness (QED) is 0.712. The lowest BCUT2D eigenvalue weighted by molar-refractivity contribution is 0.0687. The van der Waals surface area contributed by atoms with Crippen LogP contribution in [0, 0.1) is 22.7 Å². The molecule has 0 fully saturated rings. The van der Waals surface area contributed by atoms with Crippen LogP contribution < -0.4 is 4.74 Å². The number of rotatable bonds is 5. The number of hydrogen-bond acceptors (Lipinski definition) is 4. The SMILES string of the molecule is CCc1c(C#N)c(-c2ccc(Oc3ccc(C#N)cc3)cc2)c(C(=O)O)n1C. The van der Waals surface area contributed by atoms with Gasteiger partial charge in [0.15, 0.2) is 0 Å². The number of hydrogen-bond donors (Lipinski definition) is 1. The van der Waals surface area contributed by atoms with Crippen LogP contribution in [-0.2, 0) is 13.5 Å². The largest absolute Gasteiger partial charge is 0.477 e. The number of benzene rings is 2. The number of aromatic nitrogens is 1. The number of carboxylic acid groups (broad SMARTS) is 1. The first kappa shape index (κ1) is 18.8. The van der Waals surface area contributed by atoms with E-state index in [2.05, 4.69) is 6.07 Å². The Morgan fingerprint density at radius 3 is 2.07 bits per heavy atom. The van der Waals surface area contributed by atoms with E-state index in [0.29, 0.717) is 45.9 Å². The van der Waals surface area contributed by atoms with E-state index in [0.717, 1.165) is 0 Å². The Kier molecular flexibility index (Phi) is 5.15. The van der Waals surface area contributed by atoms with Crippen molar-refractivity contribution in [2.75, 3.05) is 0 Å². The van der Waals surface area contributed by atoms with Gasteiger partial charge in [-0.25, -0.2) is 4.79 Å². The summed E-state index contributed by atoms with van der Waals surface area (Å²) >= 11 is 0. The fourth-order valence-corrected chi connectivity index (χ4v) is 3.22. The predicted octanol–water partition coefficient (Wildman–Crippen LogP) is 4.49. The van der Waals surface area contributed by atoms with Crippen LogP contribution in [0.15, 0.2) is 48.5 Å². The minimum absolute atomic E-state index is 0.0918. The first-order valence-corrected chi connectivity index (χ1v) is 8.63. The highest BCUT2D eigenvalue weighted by atomic mass is 16.5. The van der Waals surface area contributed by atoms with Crippen LogP contribution in [-0.4, -0.2) is 15.6 Å². The zero-order valence-electron chi connectivity index (χ0n) is 15.4. The van der Waals surface area contributed by atoms with Crippen molar-refractivity contribution in [3.05, 3.63) is 71.0 Å². The fraction of sp³-hybridized carbons (Fsp3) is 0.136. The molecule has 6 nitrogen and oxygen atoms in total. The van der Waals surface area contributed by atoms with Gasteiger partial charge in [0.25, 0.3) is 0 Å². The summed E-state index contributed by atoms with van der Waals surface area (Å²) in [5, 5.41) is 28.1. The Hall–Kier alpha value is -4.03. The van der Waals surface area contributed by atoms with Gasteiger partial charge in [-0.15, -0.1) is 0 Å². The van der Waals surface area contributed by atoms with Gasteiger partial charge in [0.2, 0.25) is 0 Å². The van der Waals surface area contributed by atoms with Gasteiger partial charge in [-0.2, -0.15) is 10.5 Å². The molecule has 0 radical (unpaired) electrons. The third-order valence-corrected chi connectivity index (χ3v) is 4.53. The molecule has 6 heteroatoms. The van der Waals surface area contributed by atoms with Gasteiger partial charge in [-0.05, 0) is 48.4 Å². The van der Waals surface area contributed by atoms with Crippen molar-refractivity contribution >= 4 is 5.97 Å². The number of carboxylic acids is 1. The smallest absolute Gasteiger partial charge is 0.353 e. The number of nitriles is 2. The topological polar surface area (TPSA) is 99.0 Å². The molecule has 1 aromatic heterocycles. The molecule has 0 saturated heterocycles. The molecule has 0 aliphatic rings. The van der Waals surface area contributed by atoms with Crippen LogP contribution in [0.1, 0.15) is 34.2 Å². The van der Waals surface area contributed by atoms with Gasteiger partial charge in [0, 0.05) is 18.3 Å². The molecule has 2 aromatic carbocycles. The summed E-state index contributed by atoms with van der Waals surface area (Å²) in [5.41, 5.74) is 2.75. The van der Waals surface area contributed by atoms with E-state index >= 15 is 0 Å². The summed E-state index contributed by atoms with van der Waals surface area (Å²) in [4.78, 5) is 11.8. The maximum absolute atomic E-state index is 11.8. The summed E-state index contributed by atoms with van der Waals surface area (Å²) in [6.45, 7) is 1.89. The van der Waals surface area contributed by atoms with Crippen LogP contribution in [0.4, 0.5) is 0 Å². The van der Waals surface area contributed by atoms with E-state index in [-0.39, 0.29) is 5.69 Å². The standard InChI is InChI=1S/C22H17N3O3/c1-3-19-18(13-24)20(21(22(26)27)25(19)2)15-6-10-17(11-7-15)28-16-8-4-14(12-23)5-9-16/h4-11H,3H2,1-2H3,(H,26,27). The molecule has 1 N–H and O–H groups in total. The van der Waals surface area contributed by atoms with Crippen molar-refractivity contribution in [3.8, 4) is 34.8 Å². The second kappa shape index (κ2) is 7.69. The molecule has 0 atom stereocenters. The highest BCUT2D eigenvalue weighted by molar-refractivity contribution is 5.97. The van der Waals surface area contributed by atoms with Gasteiger partial charge < -0.3 is 14.4 Å². The van der Waals surface area contributed by atoms with E-state index in [1.54, 1.807) is 60.1 Å². The van der Waals surface area contributed by atoms with E-state index in [1.807, 2.05) is 13.0 Å². The summed E-state index contributed by atoms with van der Waals surface area (Å²) in [7, 11) is 1.66. The van der Waals surface area contributed by atoms with Crippen molar-refractivity contribution in [3.63, 3.8) is 0 Å². The number of nitrogens with zero attached hydrogens (tertiary/aromatic N) is 3. The Morgan fingerprint density at radius 2 is 1.61 bits per heavy atom. The van der Waals surface area contributed by atoms with Gasteiger partial charge in [-0.3, -0.25) is 0 Å². The summed E-state index contributed by atoms with van der Waals surface area (Å²) in [6.07, 6.45) is 0.555. The predicted molar refractivity (Wildman–Crippen MR) is 103 cm³/mol. The highest BCUT2D eigenvalue weighted by Crippen LogP contribution is 2.34. The lowest BCUT2D eigenvalue weighted by atomic mass is 10.00. The summed E-state index contributed by atoms with van der Waals surface area (Å²) in [6, 6.07) is 17.9. The average molecular weight is 371 g/mol. The molecule has 0 saturated carbocycles. The molecule has 28 heavy (non-hydrogen) atoms. The van der Waals surface area contributed by atoms with Crippen molar-refractivity contribution in [2.24, 2.45) is 7.05 Å². The van der Waals surface area contributed by atoms with E-state index in [9.17, 15) is 15.2 Å². The molecule has 0 aliphatic heterocycles. The lowest BCUT2D eigenvalue weighted by Crippen LogP contribution is -2.07. The van der Waals surface area contributed by atoms with Crippen LogP contribution in [0.3, 0.4) is 0 Å². The fourth-order valence-electron chi connectivity index (χ4n) is 3.22. The Balaban J connectivity index is 1.98. The number of carbonyl (C=O) groups is 1. The van der Waals surface area contributed by atoms with Crippen LogP contribution in [0.5, 0.6) is 11.5 Å². The lowest BCUT2D eigenvalue weighted by Gasteiger charge is -2.08. The van der Waals surface area contributed by atoms with E-state index in [4.69, 9.17) is 10.00 Å². The molecule has 0 aliphatic carbocycles. The van der Waals surface area contributed by atoms with E-state index < -0.39 is 5.97 Å². The van der Waals surface area contributed by atoms with Gasteiger partial charge in [-0.1, -0.05) is 19.1 Å². The third kappa shape index (κ3) is 3.32. The van der Waals surface area contributed by atoms with Crippen molar-refractivity contribution < 1.29 is 14.6 Å². The Labute approximate surface area is 162 Å². The molecule has 0 amide bonds. The van der Waals surface area contributed by atoms with Crippen LogP contribution >= 0.6 is 0 Å². The molecule has 1 heterocycles. The number of aromatic carboxylic acids is 1. The molecule has 0 spiro atoms. The number of ether oxygens (including phenoxy) is 1. The van der Waals surface area contributed by atoms with Crippen LogP contribution in [0.2, 0.25) is 0 Å². The first-order chi connectivity index (χ1) is 13.5. The third-order valence-electron chi connectivity index (χ3n) is 4.53. The molecule has 138 valence electrons. The second-order valence-corrected chi connectivity index (χ2v) is 6.14. The first-order valence-electron chi connectivity index (χ1n) is 8.63. The molecule has 0 bridgehead atoms. The summed E-state index contributed by atoms with van der Waals surface area (Å²) < 4.78 is 7.32. The van der Waals surface area contributed by atoms with Crippen molar-refractivity contribution in [2.45, 2.75) is 13.3 Å². The van der Waals surface area contributed by atoms with E-state index in [1.165, 1.54) is 0 Å². The Bertz CT molecular complexity index is 1110. The van der Waals surface area contributed by atoms with Crippen molar-refractivity contribution in [1.29, 1.82) is 10.5 Å². The van der Waals surface area contributed by atoms with Gasteiger partial charge in [0.1, 0.15) is 23.3 Å². The zero-order valence-corrected chi connectivity index (χ0v) is 15.4. The maximum atomic E-state index is 11.8. The summed E-state index contributed by atoms with van der Waals surface area (Å²) in [5.74, 6) is 0.0748. The molecular weight excluding hydrogens is 354 g/mol.